The largest absolute Gasteiger partial charge is 0.484 e. The number of nitrogens with zero attached hydrogens (tertiary/aromatic N) is 1. The second-order valence-electron chi connectivity index (χ2n) is 7.64. The van der Waals surface area contributed by atoms with Crippen molar-refractivity contribution in [1.82, 2.24) is 4.90 Å². The van der Waals surface area contributed by atoms with Gasteiger partial charge in [-0.25, -0.2) is 0 Å². The van der Waals surface area contributed by atoms with Gasteiger partial charge < -0.3 is 9.64 Å². The van der Waals surface area contributed by atoms with Crippen LogP contribution in [0, 0.1) is 5.92 Å². The molecule has 24 heavy (non-hydrogen) atoms. The van der Waals surface area contributed by atoms with E-state index >= 15 is 0 Å². The maximum absolute atomic E-state index is 12.5. The minimum absolute atomic E-state index is 0.136. The third-order valence-electron chi connectivity index (χ3n) is 5.91. The van der Waals surface area contributed by atoms with E-state index in [1.807, 2.05) is 29.2 Å². The third kappa shape index (κ3) is 2.94. The molecule has 1 spiro atoms. The van der Waals surface area contributed by atoms with E-state index in [0.29, 0.717) is 37.2 Å². The molecule has 2 fully saturated rings. The molecule has 1 saturated heterocycles. The first-order valence-corrected chi connectivity index (χ1v) is 9.24. The van der Waals surface area contributed by atoms with Crippen LogP contribution in [0.5, 0.6) is 5.75 Å². The average Bonchev–Trinajstić information content (AvgIpc) is 3.23. The molecule has 1 saturated carbocycles. The second-order valence-corrected chi connectivity index (χ2v) is 7.64. The van der Waals surface area contributed by atoms with Gasteiger partial charge in [-0.2, -0.15) is 0 Å². The van der Waals surface area contributed by atoms with E-state index in [4.69, 9.17) is 4.74 Å². The van der Waals surface area contributed by atoms with Crippen molar-refractivity contribution in [3.8, 4) is 5.75 Å². The molecule has 0 radical (unpaired) electrons. The molecule has 0 aromatic heterocycles. The van der Waals surface area contributed by atoms with Gasteiger partial charge in [0.15, 0.2) is 5.78 Å². The van der Waals surface area contributed by atoms with Crippen LogP contribution in [0.3, 0.4) is 0 Å². The molecule has 1 aliphatic carbocycles. The number of amides is 1. The molecule has 1 amide bonds. The van der Waals surface area contributed by atoms with Gasteiger partial charge in [-0.15, -0.1) is 0 Å². The van der Waals surface area contributed by atoms with E-state index in [0.717, 1.165) is 18.8 Å². The van der Waals surface area contributed by atoms with Crippen molar-refractivity contribution < 1.29 is 14.3 Å². The topological polar surface area (TPSA) is 46.6 Å². The fraction of sp³-hybridized carbons (Fsp3) is 0.600. The van der Waals surface area contributed by atoms with E-state index < -0.39 is 5.60 Å². The van der Waals surface area contributed by atoms with Crippen molar-refractivity contribution in [1.29, 1.82) is 0 Å². The lowest BCUT2D eigenvalue weighted by atomic mass is 9.89. The maximum atomic E-state index is 12.5. The Morgan fingerprint density at radius 2 is 2.04 bits per heavy atom. The molecule has 4 nitrogen and oxygen atoms in total. The molecule has 1 atom stereocenters. The van der Waals surface area contributed by atoms with Gasteiger partial charge in [0.2, 0.25) is 5.91 Å². The van der Waals surface area contributed by atoms with Crippen molar-refractivity contribution in [3.05, 3.63) is 29.8 Å². The van der Waals surface area contributed by atoms with Crippen LogP contribution in [0.1, 0.15) is 61.7 Å². The Balaban J connectivity index is 1.39. The van der Waals surface area contributed by atoms with Crippen LogP contribution in [0.15, 0.2) is 24.3 Å². The van der Waals surface area contributed by atoms with Gasteiger partial charge in [0.1, 0.15) is 11.4 Å². The number of likely N-dealkylation sites (tertiary alicyclic amines) is 1. The summed E-state index contributed by atoms with van der Waals surface area (Å²) < 4.78 is 6.19. The Labute approximate surface area is 143 Å². The average molecular weight is 327 g/mol. The first kappa shape index (κ1) is 15.7. The Kier molecular flexibility index (Phi) is 4.07. The third-order valence-corrected chi connectivity index (χ3v) is 5.91. The number of hydrogen-bond donors (Lipinski definition) is 0. The fourth-order valence-corrected chi connectivity index (χ4v) is 4.51. The van der Waals surface area contributed by atoms with E-state index in [9.17, 15) is 9.59 Å². The van der Waals surface area contributed by atoms with Crippen LogP contribution >= 0.6 is 0 Å². The Morgan fingerprint density at radius 3 is 2.88 bits per heavy atom. The zero-order valence-electron chi connectivity index (χ0n) is 14.1. The molecule has 4 rings (SSSR count). The minimum atomic E-state index is -0.506. The Hall–Kier alpha value is -1.84. The lowest BCUT2D eigenvalue weighted by Crippen LogP contribution is -2.45. The smallest absolute Gasteiger partial charge is 0.222 e. The van der Waals surface area contributed by atoms with E-state index in [2.05, 4.69) is 0 Å². The highest BCUT2D eigenvalue weighted by molar-refractivity contribution is 6.00. The van der Waals surface area contributed by atoms with Crippen molar-refractivity contribution in [2.45, 2.75) is 57.0 Å². The van der Waals surface area contributed by atoms with E-state index in [1.54, 1.807) is 0 Å². The van der Waals surface area contributed by atoms with Gasteiger partial charge in [0.25, 0.3) is 0 Å². The molecule has 1 aromatic carbocycles. The van der Waals surface area contributed by atoms with Gasteiger partial charge in [0, 0.05) is 19.4 Å². The number of Topliss-reactive ketones (excluding diaryl/α,β-unsaturated/α-hetero) is 1. The van der Waals surface area contributed by atoms with Crippen LogP contribution in [0.4, 0.5) is 0 Å². The lowest BCUT2D eigenvalue weighted by Gasteiger charge is -2.34. The number of hydrogen-bond acceptors (Lipinski definition) is 3. The van der Waals surface area contributed by atoms with Crippen molar-refractivity contribution in [3.63, 3.8) is 0 Å². The normalized spacial score (nSPS) is 26.7. The van der Waals surface area contributed by atoms with Crippen LogP contribution in [0.2, 0.25) is 0 Å². The molecule has 128 valence electrons. The zero-order valence-corrected chi connectivity index (χ0v) is 14.1. The van der Waals surface area contributed by atoms with Crippen molar-refractivity contribution in [2.24, 2.45) is 5.92 Å². The van der Waals surface area contributed by atoms with Gasteiger partial charge in [-0.05, 0) is 24.5 Å². The molecule has 2 heterocycles. The summed E-state index contributed by atoms with van der Waals surface area (Å²) in [5, 5.41) is 0. The highest BCUT2D eigenvalue weighted by Crippen LogP contribution is 2.39. The maximum Gasteiger partial charge on any atom is 0.222 e. The summed E-state index contributed by atoms with van der Waals surface area (Å²) >= 11 is 0. The summed E-state index contributed by atoms with van der Waals surface area (Å²) in [6.45, 7) is 1.26. The molecule has 4 heteroatoms. The fourth-order valence-electron chi connectivity index (χ4n) is 4.51. The summed E-state index contributed by atoms with van der Waals surface area (Å²) in [6, 6.07) is 7.44. The SMILES string of the molecule is O=C1CC2(CCN(C(=O)CCC3CCCC3)C2)Oc2ccccc21. The molecular weight excluding hydrogens is 302 g/mol. The number of rotatable bonds is 3. The Morgan fingerprint density at radius 1 is 1.25 bits per heavy atom. The van der Waals surface area contributed by atoms with E-state index in [1.165, 1.54) is 25.7 Å². The van der Waals surface area contributed by atoms with Gasteiger partial charge in [-0.1, -0.05) is 37.8 Å². The highest BCUT2D eigenvalue weighted by atomic mass is 16.5. The molecule has 1 unspecified atom stereocenters. The first-order valence-electron chi connectivity index (χ1n) is 9.24. The zero-order chi connectivity index (χ0) is 16.6. The van der Waals surface area contributed by atoms with Crippen molar-refractivity contribution in [2.75, 3.05) is 13.1 Å². The van der Waals surface area contributed by atoms with Crippen LogP contribution in [-0.4, -0.2) is 35.3 Å². The molecular formula is C20H25NO3. The second kappa shape index (κ2) is 6.23. The summed E-state index contributed by atoms with van der Waals surface area (Å²) in [6.07, 6.45) is 8.01. The van der Waals surface area contributed by atoms with Crippen LogP contribution in [0.25, 0.3) is 0 Å². The summed E-state index contributed by atoms with van der Waals surface area (Å²) in [4.78, 5) is 26.9. The summed E-state index contributed by atoms with van der Waals surface area (Å²) in [5.74, 6) is 1.78. The lowest BCUT2D eigenvalue weighted by molar-refractivity contribution is -0.131. The number of para-hydroxylation sites is 1. The standard InChI is InChI=1S/C20H25NO3/c22-17-13-20(24-18-8-4-3-7-16(17)18)11-12-21(14-20)19(23)10-9-15-5-1-2-6-15/h3-4,7-8,15H,1-2,5-6,9-14H2. The molecule has 0 N–H and O–H groups in total. The molecule has 3 aliphatic rings. The van der Waals surface area contributed by atoms with E-state index in [-0.39, 0.29) is 11.7 Å². The number of fused-ring (bicyclic) bond motifs is 1. The highest BCUT2D eigenvalue weighted by Gasteiger charge is 2.46. The number of benzene rings is 1. The predicted molar refractivity (Wildman–Crippen MR) is 91.1 cm³/mol. The van der Waals surface area contributed by atoms with Gasteiger partial charge in [-0.3, -0.25) is 9.59 Å². The predicted octanol–water partition coefficient (Wildman–Crippen LogP) is 3.59. The Bertz CT molecular complexity index is 650. The number of ether oxygens (including phenoxy) is 1. The summed E-state index contributed by atoms with van der Waals surface area (Å²) in [5.41, 5.74) is 0.170. The van der Waals surface area contributed by atoms with Crippen LogP contribution in [-0.2, 0) is 4.79 Å². The van der Waals surface area contributed by atoms with Gasteiger partial charge in [0.05, 0.1) is 18.5 Å². The number of ketones is 1. The van der Waals surface area contributed by atoms with Crippen molar-refractivity contribution >= 4 is 11.7 Å². The van der Waals surface area contributed by atoms with Crippen LogP contribution < -0.4 is 4.74 Å². The molecule has 0 bridgehead atoms. The quantitative estimate of drug-likeness (QED) is 0.852. The monoisotopic (exact) mass is 327 g/mol. The first-order chi connectivity index (χ1) is 11.7. The molecule has 2 aliphatic heterocycles. The molecule has 1 aromatic rings. The van der Waals surface area contributed by atoms with Gasteiger partial charge >= 0.3 is 0 Å². The number of carbonyl (C=O) groups is 2. The summed E-state index contributed by atoms with van der Waals surface area (Å²) in [7, 11) is 0. The number of carbonyl (C=O) groups excluding carboxylic acids is 2. The minimum Gasteiger partial charge on any atom is -0.484 e.